The van der Waals surface area contributed by atoms with Gasteiger partial charge in [0.05, 0.1) is 0 Å². The first-order valence-corrected chi connectivity index (χ1v) is 5.21. The van der Waals surface area contributed by atoms with E-state index in [-0.39, 0.29) is 5.78 Å². The number of carbonyl (C=O) groups is 1. The monoisotopic (exact) mass is 189 g/mol. The van der Waals surface area contributed by atoms with Gasteiger partial charge in [0, 0.05) is 12.1 Å². The number of hydrogen-bond donors (Lipinski definition) is 0. The van der Waals surface area contributed by atoms with Gasteiger partial charge in [-0.3, -0.25) is 4.79 Å². The second-order valence-electron chi connectivity index (χ2n) is 4.18. The molecule has 2 heteroatoms. The number of nitrogens with zero attached hydrogens (tertiary/aromatic N) is 1. The van der Waals surface area contributed by atoms with Crippen LogP contribution in [-0.4, -0.2) is 10.8 Å². The van der Waals surface area contributed by atoms with E-state index in [0.717, 1.165) is 29.8 Å². The van der Waals surface area contributed by atoms with Crippen LogP contribution in [0.2, 0.25) is 0 Å². The molecule has 0 aromatic carbocycles. The Bertz CT molecular complexity index is 369. The third kappa shape index (κ3) is 1.57. The number of fused-ring (bicyclic) bond motifs is 1. The van der Waals surface area contributed by atoms with Crippen LogP contribution >= 0.6 is 0 Å². The number of rotatable bonds is 1. The first kappa shape index (κ1) is 9.38. The van der Waals surface area contributed by atoms with Crippen molar-refractivity contribution in [3.63, 3.8) is 0 Å². The number of carbonyl (C=O) groups excluding carboxylic acids is 1. The van der Waals surface area contributed by atoms with Crippen molar-refractivity contribution in [1.82, 2.24) is 4.98 Å². The summed E-state index contributed by atoms with van der Waals surface area (Å²) in [6.45, 7) is 4.20. The van der Waals surface area contributed by atoms with Gasteiger partial charge in [-0.1, -0.05) is 19.9 Å². The summed E-state index contributed by atoms with van der Waals surface area (Å²) in [5, 5.41) is 0. The predicted octanol–water partition coefficient (Wildman–Crippen LogP) is 2.72. The van der Waals surface area contributed by atoms with E-state index in [1.807, 2.05) is 6.07 Å². The molecule has 2 nitrogen and oxygen atoms in total. The number of aryl methyl sites for hydroxylation is 1. The summed E-state index contributed by atoms with van der Waals surface area (Å²) in [5.74, 6) is 0.615. The highest BCUT2D eigenvalue weighted by atomic mass is 16.1. The Morgan fingerprint density at radius 2 is 2.07 bits per heavy atom. The van der Waals surface area contributed by atoms with Gasteiger partial charge in [0.2, 0.25) is 0 Å². The smallest absolute Gasteiger partial charge is 0.181 e. The molecule has 0 atom stereocenters. The van der Waals surface area contributed by atoms with E-state index in [9.17, 15) is 4.79 Å². The molecule has 74 valence electrons. The van der Waals surface area contributed by atoms with Gasteiger partial charge in [0.25, 0.3) is 0 Å². The van der Waals surface area contributed by atoms with Gasteiger partial charge in [0.15, 0.2) is 5.78 Å². The lowest BCUT2D eigenvalue weighted by Crippen LogP contribution is -2.14. The molecule has 0 amide bonds. The molecule has 0 spiro atoms. The molecule has 1 aromatic heterocycles. The van der Waals surface area contributed by atoms with Crippen LogP contribution in [0.4, 0.5) is 0 Å². The molecule has 1 aromatic rings. The fourth-order valence-electron chi connectivity index (χ4n) is 1.83. The van der Waals surface area contributed by atoms with Crippen LogP contribution in [0.15, 0.2) is 12.1 Å². The van der Waals surface area contributed by atoms with E-state index in [4.69, 9.17) is 0 Å². The van der Waals surface area contributed by atoms with Gasteiger partial charge in [0.1, 0.15) is 5.69 Å². The van der Waals surface area contributed by atoms with E-state index in [2.05, 4.69) is 24.9 Å². The van der Waals surface area contributed by atoms with Gasteiger partial charge >= 0.3 is 0 Å². The molecule has 1 aliphatic carbocycles. The second kappa shape index (κ2) is 3.52. The zero-order chi connectivity index (χ0) is 10.1. The number of hydrogen-bond acceptors (Lipinski definition) is 2. The Labute approximate surface area is 84.4 Å². The summed E-state index contributed by atoms with van der Waals surface area (Å²) < 4.78 is 0. The SMILES string of the molecule is CC(C)c1ccc2c(n1)C(=O)CCC2. The molecule has 0 radical (unpaired) electrons. The van der Waals surface area contributed by atoms with E-state index in [1.165, 1.54) is 0 Å². The lowest BCUT2D eigenvalue weighted by atomic mass is 9.94. The fraction of sp³-hybridized carbons (Fsp3) is 0.500. The largest absolute Gasteiger partial charge is 0.292 e. The van der Waals surface area contributed by atoms with Crippen molar-refractivity contribution in [2.45, 2.75) is 39.0 Å². The van der Waals surface area contributed by atoms with Gasteiger partial charge in [-0.05, 0) is 30.4 Å². The zero-order valence-corrected chi connectivity index (χ0v) is 8.71. The standard InChI is InChI=1S/C12H15NO/c1-8(2)10-7-6-9-4-3-5-11(14)12(9)13-10/h6-8H,3-5H2,1-2H3. The summed E-state index contributed by atoms with van der Waals surface area (Å²) in [6.07, 6.45) is 2.66. The summed E-state index contributed by atoms with van der Waals surface area (Å²) in [4.78, 5) is 16.0. The topological polar surface area (TPSA) is 30.0 Å². The molecule has 1 aliphatic rings. The van der Waals surface area contributed by atoms with E-state index < -0.39 is 0 Å². The van der Waals surface area contributed by atoms with Crippen LogP contribution in [0.25, 0.3) is 0 Å². The lowest BCUT2D eigenvalue weighted by Gasteiger charge is -2.15. The first-order valence-electron chi connectivity index (χ1n) is 5.21. The van der Waals surface area contributed by atoms with Crippen molar-refractivity contribution in [2.24, 2.45) is 0 Å². The molecular formula is C12H15NO. The lowest BCUT2D eigenvalue weighted by molar-refractivity contribution is 0.0967. The van der Waals surface area contributed by atoms with Crippen molar-refractivity contribution >= 4 is 5.78 Å². The maximum Gasteiger partial charge on any atom is 0.181 e. The summed E-state index contributed by atoms with van der Waals surface area (Å²) in [7, 11) is 0. The molecule has 2 rings (SSSR count). The van der Waals surface area contributed by atoms with E-state index in [0.29, 0.717) is 12.3 Å². The van der Waals surface area contributed by atoms with Crippen LogP contribution < -0.4 is 0 Å². The first-order chi connectivity index (χ1) is 6.68. The Morgan fingerprint density at radius 1 is 1.29 bits per heavy atom. The average Bonchev–Trinajstić information content (AvgIpc) is 2.18. The van der Waals surface area contributed by atoms with Crippen LogP contribution in [0.1, 0.15) is 54.4 Å². The van der Waals surface area contributed by atoms with Crippen molar-refractivity contribution in [3.8, 4) is 0 Å². The Morgan fingerprint density at radius 3 is 2.79 bits per heavy atom. The van der Waals surface area contributed by atoms with Crippen molar-refractivity contribution in [1.29, 1.82) is 0 Å². The van der Waals surface area contributed by atoms with Gasteiger partial charge in [-0.25, -0.2) is 4.98 Å². The number of Topliss-reactive ketones (excluding diaryl/α,β-unsaturated/α-hetero) is 1. The Hall–Kier alpha value is -1.18. The number of ketones is 1. The third-order valence-electron chi connectivity index (χ3n) is 2.71. The van der Waals surface area contributed by atoms with Crippen LogP contribution in [0.5, 0.6) is 0 Å². The molecule has 0 unspecified atom stereocenters. The molecule has 0 saturated carbocycles. The fourth-order valence-corrected chi connectivity index (χ4v) is 1.83. The minimum absolute atomic E-state index is 0.216. The highest BCUT2D eigenvalue weighted by Crippen LogP contribution is 2.22. The molecular weight excluding hydrogens is 174 g/mol. The van der Waals surface area contributed by atoms with Crippen molar-refractivity contribution < 1.29 is 4.79 Å². The highest BCUT2D eigenvalue weighted by molar-refractivity contribution is 5.96. The van der Waals surface area contributed by atoms with Gasteiger partial charge < -0.3 is 0 Å². The summed E-state index contributed by atoms with van der Waals surface area (Å²) in [5.41, 5.74) is 2.88. The maximum atomic E-state index is 11.6. The van der Waals surface area contributed by atoms with Crippen LogP contribution in [0.3, 0.4) is 0 Å². The second-order valence-corrected chi connectivity index (χ2v) is 4.18. The molecule has 14 heavy (non-hydrogen) atoms. The van der Waals surface area contributed by atoms with Crippen LogP contribution in [0, 0.1) is 0 Å². The van der Waals surface area contributed by atoms with E-state index in [1.54, 1.807) is 0 Å². The predicted molar refractivity (Wildman–Crippen MR) is 55.6 cm³/mol. The molecule has 0 saturated heterocycles. The Kier molecular flexibility index (Phi) is 2.36. The summed E-state index contributed by atoms with van der Waals surface area (Å²) in [6, 6.07) is 4.11. The Balaban J connectivity index is 2.46. The molecule has 0 aliphatic heterocycles. The average molecular weight is 189 g/mol. The normalized spacial score (nSPS) is 15.8. The summed E-state index contributed by atoms with van der Waals surface area (Å²) >= 11 is 0. The van der Waals surface area contributed by atoms with Crippen molar-refractivity contribution in [2.75, 3.05) is 0 Å². The minimum Gasteiger partial charge on any atom is -0.292 e. The molecule has 0 bridgehead atoms. The van der Waals surface area contributed by atoms with Crippen LogP contribution in [-0.2, 0) is 6.42 Å². The van der Waals surface area contributed by atoms with Crippen molar-refractivity contribution in [3.05, 3.63) is 29.1 Å². The molecule has 0 N–H and O–H groups in total. The molecule has 0 fully saturated rings. The van der Waals surface area contributed by atoms with Gasteiger partial charge in [-0.2, -0.15) is 0 Å². The number of pyridine rings is 1. The zero-order valence-electron chi connectivity index (χ0n) is 8.71. The van der Waals surface area contributed by atoms with E-state index >= 15 is 0 Å². The highest BCUT2D eigenvalue weighted by Gasteiger charge is 2.19. The quantitative estimate of drug-likeness (QED) is 0.680. The molecule has 1 heterocycles. The van der Waals surface area contributed by atoms with Gasteiger partial charge in [-0.15, -0.1) is 0 Å². The number of aromatic nitrogens is 1. The third-order valence-corrected chi connectivity index (χ3v) is 2.71. The minimum atomic E-state index is 0.216. The maximum absolute atomic E-state index is 11.6.